The minimum absolute atomic E-state index is 0.151. The topological polar surface area (TPSA) is 86.1 Å². The van der Waals surface area contributed by atoms with Crippen molar-refractivity contribution in [3.63, 3.8) is 0 Å². The molecule has 1 amide bonds. The van der Waals surface area contributed by atoms with Crippen molar-refractivity contribution in [2.75, 3.05) is 18.2 Å². The fourth-order valence-electron chi connectivity index (χ4n) is 3.89. The Bertz CT molecular complexity index is 1190. The van der Waals surface area contributed by atoms with E-state index in [1.54, 1.807) is 0 Å². The first-order valence-corrected chi connectivity index (χ1v) is 12.4. The van der Waals surface area contributed by atoms with E-state index in [1.807, 2.05) is 30.6 Å². The van der Waals surface area contributed by atoms with E-state index in [0.29, 0.717) is 34.1 Å². The molecule has 1 saturated carbocycles. The van der Waals surface area contributed by atoms with Crippen molar-refractivity contribution in [1.29, 1.82) is 0 Å². The highest BCUT2D eigenvalue weighted by atomic mass is 32.2. The summed E-state index contributed by atoms with van der Waals surface area (Å²) in [5.41, 5.74) is 2.55. The maximum atomic E-state index is 12.7. The molecule has 7 nitrogen and oxygen atoms in total. The van der Waals surface area contributed by atoms with Crippen LogP contribution in [0.25, 0.3) is 0 Å². The quantitative estimate of drug-likeness (QED) is 0.264. The van der Waals surface area contributed by atoms with E-state index in [1.165, 1.54) is 35.8 Å². The number of hydrogen-bond acceptors (Lipinski definition) is 7. The van der Waals surface area contributed by atoms with Gasteiger partial charge in [-0.15, -0.1) is 28.1 Å². The lowest BCUT2D eigenvalue weighted by molar-refractivity contribution is -0.113. The summed E-state index contributed by atoms with van der Waals surface area (Å²) in [5.74, 6) is 1.19. The molecular formula is C24H26N4O3S2. The average Bonchev–Trinajstić information content (AvgIpc) is 3.44. The van der Waals surface area contributed by atoms with Gasteiger partial charge < -0.3 is 14.6 Å². The van der Waals surface area contributed by atoms with Gasteiger partial charge in [0.2, 0.25) is 5.91 Å². The second-order valence-corrected chi connectivity index (χ2v) is 10.1. The fourth-order valence-corrected chi connectivity index (χ4v) is 5.71. The maximum absolute atomic E-state index is 12.7. The third kappa shape index (κ3) is 4.89. The minimum atomic E-state index is -0.451. The smallest absolute Gasteiger partial charge is 0.341 e. The number of thioether (sulfide) groups is 1. The molecule has 0 bridgehead atoms. The molecule has 0 spiro atoms. The van der Waals surface area contributed by atoms with Crippen LogP contribution in [0.15, 0.2) is 48.1 Å². The van der Waals surface area contributed by atoms with Crippen LogP contribution >= 0.6 is 23.1 Å². The van der Waals surface area contributed by atoms with Crippen molar-refractivity contribution in [3.8, 4) is 0 Å². The number of methoxy groups -OCH3 is 1. The van der Waals surface area contributed by atoms with Crippen LogP contribution in [0.2, 0.25) is 0 Å². The first-order valence-electron chi connectivity index (χ1n) is 10.6. The van der Waals surface area contributed by atoms with Gasteiger partial charge >= 0.3 is 5.97 Å². The van der Waals surface area contributed by atoms with Gasteiger partial charge in [-0.2, -0.15) is 0 Å². The monoisotopic (exact) mass is 482 g/mol. The second-order valence-electron chi connectivity index (χ2n) is 7.92. The molecule has 2 aromatic heterocycles. The van der Waals surface area contributed by atoms with Gasteiger partial charge in [0.15, 0.2) is 5.16 Å². The maximum Gasteiger partial charge on any atom is 0.341 e. The van der Waals surface area contributed by atoms with Crippen LogP contribution in [0.5, 0.6) is 0 Å². The van der Waals surface area contributed by atoms with Crippen molar-refractivity contribution >= 4 is 40.0 Å². The van der Waals surface area contributed by atoms with E-state index >= 15 is 0 Å². The standard InChI is InChI=1S/C24H26N4O3S2/c1-5-11-28-21(18-12-17(18)16-9-7-6-8-10-16)26-27-24(28)32-13-19(29)25-22-20(23(30)31-4)14(2)15(3)33-22/h5-10,17-18H,1,11-13H2,2-4H3,(H,25,29). The summed E-state index contributed by atoms with van der Waals surface area (Å²) in [6, 6.07) is 10.4. The van der Waals surface area contributed by atoms with Crippen LogP contribution < -0.4 is 5.32 Å². The molecule has 1 aliphatic rings. The van der Waals surface area contributed by atoms with Crippen LogP contribution in [0, 0.1) is 13.8 Å². The van der Waals surface area contributed by atoms with Crippen molar-refractivity contribution in [3.05, 3.63) is 70.4 Å². The molecule has 33 heavy (non-hydrogen) atoms. The summed E-state index contributed by atoms with van der Waals surface area (Å²) in [4.78, 5) is 25.8. The third-order valence-corrected chi connectivity index (χ3v) is 7.86. The SMILES string of the molecule is C=CCn1c(SCC(=O)Nc2sc(C)c(C)c2C(=O)OC)nnc1C1CC1c1ccccc1. The number of nitrogens with zero attached hydrogens (tertiary/aromatic N) is 3. The van der Waals surface area contributed by atoms with E-state index < -0.39 is 5.97 Å². The number of carbonyl (C=O) groups excluding carboxylic acids is 2. The number of esters is 1. The molecular weight excluding hydrogens is 456 g/mol. The highest BCUT2D eigenvalue weighted by Gasteiger charge is 2.43. The van der Waals surface area contributed by atoms with E-state index in [-0.39, 0.29) is 11.7 Å². The summed E-state index contributed by atoms with van der Waals surface area (Å²) in [6.45, 7) is 8.21. The lowest BCUT2D eigenvalue weighted by Gasteiger charge is -2.08. The third-order valence-electron chi connectivity index (χ3n) is 5.77. The Morgan fingerprint density at radius 3 is 2.73 bits per heavy atom. The second kappa shape index (κ2) is 9.93. The minimum Gasteiger partial charge on any atom is -0.465 e. The lowest BCUT2D eigenvalue weighted by atomic mass is 10.1. The van der Waals surface area contributed by atoms with Crippen LogP contribution in [0.1, 0.15) is 50.4 Å². The largest absolute Gasteiger partial charge is 0.465 e. The highest BCUT2D eigenvalue weighted by molar-refractivity contribution is 7.99. The molecule has 0 aliphatic heterocycles. The number of allylic oxidation sites excluding steroid dienone is 1. The van der Waals surface area contributed by atoms with Gasteiger partial charge in [-0.25, -0.2) is 4.79 Å². The van der Waals surface area contributed by atoms with E-state index in [0.717, 1.165) is 22.7 Å². The molecule has 172 valence electrons. The Kier molecular flexibility index (Phi) is 6.99. The van der Waals surface area contributed by atoms with Gasteiger partial charge in [-0.05, 0) is 37.3 Å². The molecule has 3 aromatic rings. The average molecular weight is 483 g/mol. The number of aryl methyl sites for hydroxylation is 1. The van der Waals surface area contributed by atoms with Crippen LogP contribution in [0.3, 0.4) is 0 Å². The van der Waals surface area contributed by atoms with Crippen molar-refractivity contribution < 1.29 is 14.3 Å². The molecule has 1 aliphatic carbocycles. The molecule has 0 radical (unpaired) electrons. The van der Waals surface area contributed by atoms with Gasteiger partial charge in [0, 0.05) is 17.3 Å². The molecule has 2 heterocycles. The summed E-state index contributed by atoms with van der Waals surface area (Å²) in [5, 5.41) is 12.9. The first kappa shape index (κ1) is 23.3. The normalized spacial score (nSPS) is 16.9. The zero-order valence-electron chi connectivity index (χ0n) is 18.8. The summed E-state index contributed by atoms with van der Waals surface area (Å²) < 4.78 is 6.92. The number of thiophene rings is 1. The number of benzene rings is 1. The zero-order valence-corrected chi connectivity index (χ0v) is 20.5. The van der Waals surface area contributed by atoms with Crippen molar-refractivity contribution in [1.82, 2.24) is 14.8 Å². The molecule has 2 atom stereocenters. The number of amides is 1. The van der Waals surface area contributed by atoms with Crippen LogP contribution in [-0.4, -0.2) is 39.5 Å². The van der Waals surface area contributed by atoms with Gasteiger partial charge in [0.25, 0.3) is 0 Å². The molecule has 1 N–H and O–H groups in total. The molecule has 1 aromatic carbocycles. The van der Waals surface area contributed by atoms with Gasteiger partial charge in [0.1, 0.15) is 10.8 Å². The summed E-state index contributed by atoms with van der Waals surface area (Å²) in [7, 11) is 1.34. The summed E-state index contributed by atoms with van der Waals surface area (Å²) in [6.07, 6.45) is 2.86. The van der Waals surface area contributed by atoms with E-state index in [9.17, 15) is 9.59 Å². The zero-order chi connectivity index (χ0) is 23.5. The number of aromatic nitrogens is 3. The Morgan fingerprint density at radius 1 is 1.27 bits per heavy atom. The summed E-state index contributed by atoms with van der Waals surface area (Å²) >= 11 is 2.70. The number of carbonyl (C=O) groups is 2. The fraction of sp³-hybridized carbons (Fsp3) is 0.333. The molecule has 1 fully saturated rings. The van der Waals surface area contributed by atoms with Crippen LogP contribution in [-0.2, 0) is 16.1 Å². The Labute approximate surface area is 201 Å². The van der Waals surface area contributed by atoms with Gasteiger partial charge in [0.05, 0.1) is 18.4 Å². The number of rotatable bonds is 9. The predicted octanol–water partition coefficient (Wildman–Crippen LogP) is 4.93. The molecule has 2 unspecified atom stereocenters. The highest BCUT2D eigenvalue weighted by Crippen LogP contribution is 2.54. The first-order chi connectivity index (χ1) is 15.9. The number of anilines is 1. The number of nitrogens with one attached hydrogen (secondary N) is 1. The van der Waals surface area contributed by atoms with E-state index in [2.05, 4.69) is 46.4 Å². The molecule has 9 heteroatoms. The number of hydrogen-bond donors (Lipinski definition) is 1. The lowest BCUT2D eigenvalue weighted by Crippen LogP contribution is -2.16. The molecule has 4 rings (SSSR count). The Balaban J connectivity index is 1.44. The van der Waals surface area contributed by atoms with Crippen molar-refractivity contribution in [2.24, 2.45) is 0 Å². The predicted molar refractivity (Wildman–Crippen MR) is 131 cm³/mol. The number of ether oxygens (including phenoxy) is 1. The molecule has 0 saturated heterocycles. The van der Waals surface area contributed by atoms with Gasteiger partial charge in [-0.1, -0.05) is 48.2 Å². The van der Waals surface area contributed by atoms with Crippen LogP contribution in [0.4, 0.5) is 5.00 Å². The van der Waals surface area contributed by atoms with Crippen molar-refractivity contribution in [2.45, 2.75) is 43.8 Å². The Hall–Kier alpha value is -2.91. The Morgan fingerprint density at radius 2 is 2.03 bits per heavy atom. The van der Waals surface area contributed by atoms with E-state index in [4.69, 9.17) is 4.74 Å². The van der Waals surface area contributed by atoms with Gasteiger partial charge in [-0.3, -0.25) is 4.79 Å².